The molecule has 1 N–H and O–H groups in total. The van der Waals surface area contributed by atoms with Gasteiger partial charge in [0.2, 0.25) is 0 Å². The summed E-state index contributed by atoms with van der Waals surface area (Å²) in [6, 6.07) is 12.8. The highest BCUT2D eigenvalue weighted by Gasteiger charge is 2.23. The number of nitrogens with zero attached hydrogens (tertiary/aromatic N) is 2. The maximum atomic E-state index is 13.9. The third-order valence-corrected chi connectivity index (χ3v) is 5.09. The molecular formula is C23H23F2N3O3. The number of nitrogens with one attached hydrogen (secondary N) is 1. The number of para-hydroxylation sites is 1. The van der Waals surface area contributed by atoms with Gasteiger partial charge < -0.3 is 14.5 Å². The Morgan fingerprint density at radius 3 is 2.77 bits per heavy atom. The van der Waals surface area contributed by atoms with Gasteiger partial charge in [-0.1, -0.05) is 18.2 Å². The Bertz CT molecular complexity index is 1010. The summed E-state index contributed by atoms with van der Waals surface area (Å²) in [6.07, 6.45) is 1.11. The quantitative estimate of drug-likeness (QED) is 0.586. The van der Waals surface area contributed by atoms with Crippen LogP contribution in [0.4, 0.5) is 8.78 Å². The fourth-order valence-corrected chi connectivity index (χ4v) is 3.50. The van der Waals surface area contributed by atoms with Crippen LogP contribution in [0.2, 0.25) is 0 Å². The van der Waals surface area contributed by atoms with Crippen molar-refractivity contribution in [3.8, 4) is 5.75 Å². The average molecular weight is 427 g/mol. The van der Waals surface area contributed by atoms with Gasteiger partial charge in [0, 0.05) is 38.0 Å². The molecule has 1 amide bonds. The molecule has 0 radical (unpaired) electrons. The number of ether oxygens (including phenoxy) is 1. The van der Waals surface area contributed by atoms with Gasteiger partial charge in [-0.3, -0.25) is 9.69 Å². The molecule has 4 rings (SSSR count). The first kappa shape index (κ1) is 21.0. The van der Waals surface area contributed by atoms with Crippen molar-refractivity contribution in [2.75, 3.05) is 26.2 Å². The van der Waals surface area contributed by atoms with E-state index in [4.69, 9.17) is 9.15 Å². The van der Waals surface area contributed by atoms with Gasteiger partial charge in [0.1, 0.15) is 29.8 Å². The predicted molar refractivity (Wildman–Crippen MR) is 110 cm³/mol. The first-order valence-electron chi connectivity index (χ1n) is 10.2. The second kappa shape index (κ2) is 9.70. The Morgan fingerprint density at radius 2 is 1.94 bits per heavy atom. The van der Waals surface area contributed by atoms with Crippen LogP contribution in [-0.4, -0.2) is 42.0 Å². The molecule has 0 saturated heterocycles. The molecule has 0 atom stereocenters. The zero-order chi connectivity index (χ0) is 21.6. The molecule has 1 aromatic heterocycles. The van der Waals surface area contributed by atoms with Crippen LogP contribution < -0.4 is 10.1 Å². The van der Waals surface area contributed by atoms with Crippen LogP contribution in [0.5, 0.6) is 5.75 Å². The first-order chi connectivity index (χ1) is 15.1. The van der Waals surface area contributed by atoms with Crippen LogP contribution in [0.1, 0.15) is 27.7 Å². The zero-order valence-electron chi connectivity index (χ0n) is 16.9. The van der Waals surface area contributed by atoms with Crippen molar-refractivity contribution in [3.63, 3.8) is 0 Å². The highest BCUT2D eigenvalue weighted by molar-refractivity contribution is 5.89. The minimum atomic E-state index is -0.454. The normalized spacial score (nSPS) is 14.0. The summed E-state index contributed by atoms with van der Waals surface area (Å²) in [5.74, 6) is 0.174. The minimum Gasteiger partial charge on any atom is -0.492 e. The Kier molecular flexibility index (Phi) is 6.57. The smallest absolute Gasteiger partial charge is 0.307 e. The van der Waals surface area contributed by atoms with Gasteiger partial charge in [-0.25, -0.2) is 13.8 Å². The number of carbonyl (C=O) groups excluding carboxylic acids is 1. The lowest BCUT2D eigenvalue weighted by atomic mass is 10.2. The molecule has 2 heterocycles. The highest BCUT2D eigenvalue weighted by atomic mass is 19.1. The zero-order valence-corrected chi connectivity index (χ0v) is 16.9. The maximum absolute atomic E-state index is 13.9. The second-order valence-electron chi connectivity index (χ2n) is 7.32. The molecule has 0 fully saturated rings. The number of hydrogen-bond donors (Lipinski definition) is 1. The Balaban J connectivity index is 1.28. The van der Waals surface area contributed by atoms with Crippen LogP contribution >= 0.6 is 0 Å². The molecule has 0 bridgehead atoms. The number of hydrogen-bond acceptors (Lipinski definition) is 5. The van der Waals surface area contributed by atoms with E-state index in [-0.39, 0.29) is 11.8 Å². The second-order valence-corrected chi connectivity index (χ2v) is 7.32. The summed E-state index contributed by atoms with van der Waals surface area (Å²) < 4.78 is 38.6. The molecule has 1 aliphatic rings. The summed E-state index contributed by atoms with van der Waals surface area (Å²) in [5.41, 5.74) is 1.05. The van der Waals surface area contributed by atoms with Gasteiger partial charge in [0.15, 0.2) is 0 Å². The monoisotopic (exact) mass is 427 g/mol. The lowest BCUT2D eigenvalue weighted by Crippen LogP contribution is -2.28. The number of carbonyl (C=O) groups is 1. The fraction of sp³-hybridized carbons (Fsp3) is 0.304. The van der Waals surface area contributed by atoms with E-state index in [1.54, 1.807) is 0 Å². The van der Waals surface area contributed by atoms with Crippen molar-refractivity contribution in [1.82, 2.24) is 15.2 Å². The van der Waals surface area contributed by atoms with E-state index in [2.05, 4.69) is 10.3 Å². The predicted octanol–water partition coefficient (Wildman–Crippen LogP) is 3.36. The lowest BCUT2D eigenvalue weighted by Gasteiger charge is -2.19. The number of amides is 1. The summed E-state index contributed by atoms with van der Waals surface area (Å²) in [5, 5.41) is 2.74. The highest BCUT2D eigenvalue weighted by Crippen LogP contribution is 2.20. The van der Waals surface area contributed by atoms with Gasteiger partial charge in [-0.05, 0) is 30.3 Å². The summed E-state index contributed by atoms with van der Waals surface area (Å²) in [6.45, 7) is 2.18. The topological polar surface area (TPSA) is 67.6 Å². The number of fused-ring (bicyclic) bond motifs is 1. The summed E-state index contributed by atoms with van der Waals surface area (Å²) >= 11 is 0. The lowest BCUT2D eigenvalue weighted by molar-refractivity contribution is 0.0910. The largest absolute Gasteiger partial charge is 0.492 e. The van der Waals surface area contributed by atoms with E-state index in [1.165, 1.54) is 6.07 Å². The molecule has 3 aromatic rings. The van der Waals surface area contributed by atoms with E-state index in [0.29, 0.717) is 57.0 Å². The third-order valence-electron chi connectivity index (χ3n) is 5.09. The third kappa shape index (κ3) is 5.46. The molecule has 0 aliphatic carbocycles. The Morgan fingerprint density at radius 1 is 1.13 bits per heavy atom. The fourth-order valence-electron chi connectivity index (χ4n) is 3.50. The van der Waals surface area contributed by atoms with E-state index in [1.807, 2.05) is 35.2 Å². The molecule has 8 heteroatoms. The van der Waals surface area contributed by atoms with Crippen molar-refractivity contribution in [2.45, 2.75) is 19.4 Å². The van der Waals surface area contributed by atoms with Crippen LogP contribution in [0.15, 0.2) is 52.9 Å². The molecule has 162 valence electrons. The molecule has 0 unspecified atom stereocenters. The van der Waals surface area contributed by atoms with E-state index < -0.39 is 11.6 Å². The van der Waals surface area contributed by atoms with Crippen molar-refractivity contribution < 1.29 is 22.7 Å². The number of aromatic nitrogens is 1. The van der Waals surface area contributed by atoms with Gasteiger partial charge in [-0.2, -0.15) is 0 Å². The molecule has 0 spiro atoms. The molecule has 31 heavy (non-hydrogen) atoms. The first-order valence-corrected chi connectivity index (χ1v) is 10.2. The van der Waals surface area contributed by atoms with Crippen LogP contribution in [-0.2, 0) is 19.4 Å². The maximum Gasteiger partial charge on any atom is 0.307 e. The number of oxazole rings is 1. The molecule has 1 aliphatic heterocycles. The van der Waals surface area contributed by atoms with Gasteiger partial charge in [-0.15, -0.1) is 0 Å². The van der Waals surface area contributed by atoms with Crippen molar-refractivity contribution in [3.05, 3.63) is 83.1 Å². The van der Waals surface area contributed by atoms with Crippen LogP contribution in [0.25, 0.3) is 0 Å². The summed E-state index contributed by atoms with van der Waals surface area (Å²) in [4.78, 5) is 18.7. The van der Waals surface area contributed by atoms with E-state index >= 15 is 0 Å². The number of halogens is 2. The molecular weight excluding hydrogens is 404 g/mol. The summed E-state index contributed by atoms with van der Waals surface area (Å²) in [7, 11) is 0. The molecule has 0 saturated carbocycles. The molecule has 6 nitrogen and oxygen atoms in total. The molecule has 2 aromatic carbocycles. The van der Waals surface area contributed by atoms with Crippen LogP contribution in [0.3, 0.4) is 0 Å². The standard InChI is InChI=1S/C23H23F2N3O3/c24-17-6-7-19(25)16(14-17)15-28-11-8-20-21(9-12-28)31-23(27-20)22(29)26-10-13-30-18-4-2-1-3-5-18/h1-7,14H,8-13,15H2,(H,26,29). The van der Waals surface area contributed by atoms with Crippen molar-refractivity contribution in [1.29, 1.82) is 0 Å². The van der Waals surface area contributed by atoms with E-state index in [0.717, 1.165) is 23.6 Å². The average Bonchev–Trinajstić information content (AvgIpc) is 3.10. The number of benzene rings is 2. The Hall–Kier alpha value is -3.26. The SMILES string of the molecule is O=C(NCCOc1ccccc1)c1nc2c(o1)CCN(Cc1cc(F)ccc1F)CC2. The minimum absolute atomic E-state index is 0.0364. The van der Waals surface area contributed by atoms with Crippen molar-refractivity contribution in [2.24, 2.45) is 0 Å². The van der Waals surface area contributed by atoms with Crippen LogP contribution in [0, 0.1) is 11.6 Å². The van der Waals surface area contributed by atoms with Gasteiger partial charge >= 0.3 is 5.91 Å². The van der Waals surface area contributed by atoms with Gasteiger partial charge in [0.05, 0.1) is 12.2 Å². The van der Waals surface area contributed by atoms with Gasteiger partial charge in [0.25, 0.3) is 5.89 Å². The van der Waals surface area contributed by atoms with Crippen molar-refractivity contribution >= 4 is 5.91 Å². The Labute approximate surface area is 178 Å². The number of rotatable bonds is 7. The van der Waals surface area contributed by atoms with E-state index in [9.17, 15) is 13.6 Å².